The molecule has 0 unspecified atom stereocenters. The number of aromatic nitrogens is 3. The maximum Gasteiger partial charge on any atom is 0.242 e. The summed E-state index contributed by atoms with van der Waals surface area (Å²) in [5.74, 6) is 0. The third-order valence-corrected chi connectivity index (χ3v) is 3.88. The highest BCUT2D eigenvalue weighted by atomic mass is 16.1. The molecule has 0 saturated carbocycles. The van der Waals surface area contributed by atoms with Crippen molar-refractivity contribution in [2.45, 2.75) is 34.6 Å². The molecule has 3 aromatic rings. The topological polar surface area (TPSA) is 47.3 Å². The molecule has 0 aromatic carbocycles. The van der Waals surface area contributed by atoms with Crippen LogP contribution in [0.25, 0.3) is 16.8 Å². The second-order valence-electron chi connectivity index (χ2n) is 4.93. The van der Waals surface area contributed by atoms with E-state index in [-0.39, 0.29) is 5.43 Å². The average molecular weight is 241 g/mol. The van der Waals surface area contributed by atoms with Crippen LogP contribution in [0, 0.1) is 34.6 Å². The van der Waals surface area contributed by atoms with Crippen LogP contribution < -0.4 is 5.43 Å². The molecule has 0 fully saturated rings. The molecule has 4 nitrogen and oxygen atoms in total. The first-order valence-electron chi connectivity index (χ1n) is 6.02. The Kier molecular flexibility index (Phi) is 2.03. The molecular weight excluding hydrogens is 226 g/mol. The molecule has 0 aliphatic rings. The van der Waals surface area contributed by atoms with Crippen LogP contribution in [-0.2, 0) is 0 Å². The van der Waals surface area contributed by atoms with E-state index in [0.717, 1.165) is 28.0 Å². The average Bonchev–Trinajstić information content (AvgIpc) is 2.57. The highest BCUT2D eigenvalue weighted by Gasteiger charge is 2.19. The zero-order valence-electron chi connectivity index (χ0n) is 11.2. The van der Waals surface area contributed by atoms with Crippen molar-refractivity contribution < 1.29 is 0 Å². The van der Waals surface area contributed by atoms with E-state index in [4.69, 9.17) is 0 Å². The fourth-order valence-electron chi connectivity index (χ4n) is 2.56. The number of hydrogen-bond acceptors (Lipinski definition) is 3. The molecule has 3 aromatic heterocycles. The Balaban J connectivity index is 2.81. The molecule has 0 N–H and O–H groups in total. The Morgan fingerprint density at radius 1 is 0.778 bits per heavy atom. The fourth-order valence-corrected chi connectivity index (χ4v) is 2.56. The van der Waals surface area contributed by atoms with E-state index in [9.17, 15) is 4.79 Å². The van der Waals surface area contributed by atoms with Gasteiger partial charge in [-0.3, -0.25) is 9.20 Å². The Bertz CT molecular complexity index is 846. The van der Waals surface area contributed by atoms with E-state index in [1.807, 2.05) is 25.2 Å². The Morgan fingerprint density at radius 3 is 2.06 bits per heavy atom. The monoisotopic (exact) mass is 241 g/mol. The van der Waals surface area contributed by atoms with Crippen molar-refractivity contribution >= 4 is 16.8 Å². The van der Waals surface area contributed by atoms with Crippen LogP contribution in [-0.4, -0.2) is 14.4 Å². The van der Waals surface area contributed by atoms with Crippen LogP contribution in [0.15, 0.2) is 4.79 Å². The van der Waals surface area contributed by atoms with Gasteiger partial charge in [-0.15, -0.1) is 0 Å². The molecule has 0 aliphatic carbocycles. The highest BCUT2D eigenvalue weighted by molar-refractivity contribution is 5.78. The van der Waals surface area contributed by atoms with Crippen molar-refractivity contribution in [3.05, 3.63) is 38.3 Å². The van der Waals surface area contributed by atoms with Gasteiger partial charge in [0.05, 0.1) is 11.2 Å². The van der Waals surface area contributed by atoms with Gasteiger partial charge < -0.3 is 0 Å². The quantitative estimate of drug-likeness (QED) is 0.606. The van der Waals surface area contributed by atoms with E-state index in [1.54, 1.807) is 6.92 Å². The molecule has 92 valence electrons. The Labute approximate surface area is 105 Å². The lowest BCUT2D eigenvalue weighted by molar-refractivity contribution is 1.04. The lowest BCUT2D eigenvalue weighted by atomic mass is 10.1. The second-order valence-corrected chi connectivity index (χ2v) is 4.93. The summed E-state index contributed by atoms with van der Waals surface area (Å²) in [4.78, 5) is 21.0. The first-order chi connectivity index (χ1) is 8.43. The molecule has 0 spiro atoms. The molecule has 4 heteroatoms. The van der Waals surface area contributed by atoms with Crippen LogP contribution in [0.3, 0.4) is 0 Å². The summed E-state index contributed by atoms with van der Waals surface area (Å²) in [7, 11) is 0. The standard InChI is InChI=1S/C14H15N3O/c1-6-7(2)13-16-10(5)12(18)14-15-9(4)8(3)11(6)17(13)14/h1-5H3. The SMILES string of the molecule is Cc1nc2c(=O)c(C)nc3c(C)c(C)c(c1C)n32. The van der Waals surface area contributed by atoms with Gasteiger partial charge in [-0.1, -0.05) is 0 Å². The zero-order valence-corrected chi connectivity index (χ0v) is 11.2. The van der Waals surface area contributed by atoms with Gasteiger partial charge in [0.25, 0.3) is 0 Å². The molecule has 0 atom stereocenters. The van der Waals surface area contributed by atoms with Crippen LogP contribution >= 0.6 is 0 Å². The largest absolute Gasteiger partial charge is 0.284 e. The maximum absolute atomic E-state index is 12.2. The normalized spacial score (nSPS) is 11.8. The first kappa shape index (κ1) is 11.1. The molecule has 18 heavy (non-hydrogen) atoms. The molecule has 3 rings (SSSR count). The summed E-state index contributed by atoms with van der Waals surface area (Å²) in [5.41, 5.74) is 7.19. The van der Waals surface area contributed by atoms with Gasteiger partial charge >= 0.3 is 0 Å². The summed E-state index contributed by atoms with van der Waals surface area (Å²) in [6.45, 7) is 9.85. The number of hydrogen-bond donors (Lipinski definition) is 0. The smallest absolute Gasteiger partial charge is 0.242 e. The van der Waals surface area contributed by atoms with Gasteiger partial charge in [0.1, 0.15) is 5.65 Å². The third-order valence-electron chi connectivity index (χ3n) is 3.88. The molecular formula is C14H15N3O. The van der Waals surface area contributed by atoms with E-state index in [1.165, 1.54) is 5.56 Å². The van der Waals surface area contributed by atoms with E-state index >= 15 is 0 Å². The fraction of sp³-hybridized carbons (Fsp3) is 0.357. The lowest BCUT2D eigenvalue weighted by Crippen LogP contribution is -2.15. The van der Waals surface area contributed by atoms with Crippen molar-refractivity contribution in [3.63, 3.8) is 0 Å². The van der Waals surface area contributed by atoms with Crippen LogP contribution in [0.1, 0.15) is 28.1 Å². The summed E-state index contributed by atoms with van der Waals surface area (Å²) in [6, 6.07) is 0. The minimum atomic E-state index is -0.0781. The number of nitrogens with zero attached hydrogens (tertiary/aromatic N) is 3. The van der Waals surface area contributed by atoms with Crippen molar-refractivity contribution in [2.24, 2.45) is 0 Å². The van der Waals surface area contributed by atoms with Crippen LogP contribution in [0.2, 0.25) is 0 Å². The molecule has 0 radical (unpaired) electrons. The summed E-state index contributed by atoms with van der Waals surface area (Å²) < 4.78 is 1.91. The van der Waals surface area contributed by atoms with Gasteiger partial charge in [0, 0.05) is 5.69 Å². The highest BCUT2D eigenvalue weighted by Crippen LogP contribution is 2.27. The number of aryl methyl sites for hydroxylation is 5. The number of rotatable bonds is 0. The Hall–Kier alpha value is -1.97. The van der Waals surface area contributed by atoms with E-state index in [0.29, 0.717) is 11.3 Å². The van der Waals surface area contributed by atoms with Crippen LogP contribution in [0.4, 0.5) is 0 Å². The van der Waals surface area contributed by atoms with Gasteiger partial charge in [-0.05, 0) is 51.3 Å². The Morgan fingerprint density at radius 2 is 1.39 bits per heavy atom. The van der Waals surface area contributed by atoms with E-state index < -0.39 is 0 Å². The molecule has 0 aliphatic heterocycles. The molecule has 3 heterocycles. The zero-order chi connectivity index (χ0) is 13.2. The van der Waals surface area contributed by atoms with Gasteiger partial charge in [0.15, 0.2) is 5.65 Å². The van der Waals surface area contributed by atoms with Crippen molar-refractivity contribution in [3.8, 4) is 0 Å². The summed E-state index contributed by atoms with van der Waals surface area (Å²) in [6.07, 6.45) is 0. The molecule has 0 saturated heterocycles. The van der Waals surface area contributed by atoms with E-state index in [2.05, 4.69) is 16.9 Å². The van der Waals surface area contributed by atoms with Gasteiger partial charge in [0.2, 0.25) is 5.43 Å². The summed E-state index contributed by atoms with van der Waals surface area (Å²) >= 11 is 0. The van der Waals surface area contributed by atoms with Gasteiger partial charge in [-0.25, -0.2) is 9.97 Å². The predicted octanol–water partition coefficient (Wildman–Crippen LogP) is 2.22. The molecule has 0 amide bonds. The minimum Gasteiger partial charge on any atom is -0.284 e. The third kappa shape index (κ3) is 1.12. The predicted molar refractivity (Wildman–Crippen MR) is 71.6 cm³/mol. The summed E-state index contributed by atoms with van der Waals surface area (Å²) in [5, 5.41) is 0. The van der Waals surface area contributed by atoms with Crippen molar-refractivity contribution in [1.82, 2.24) is 14.4 Å². The maximum atomic E-state index is 12.2. The lowest BCUT2D eigenvalue weighted by Gasteiger charge is -2.08. The molecule has 0 bridgehead atoms. The van der Waals surface area contributed by atoms with Gasteiger partial charge in [-0.2, -0.15) is 0 Å². The first-order valence-corrected chi connectivity index (χ1v) is 6.02. The van der Waals surface area contributed by atoms with Crippen molar-refractivity contribution in [1.29, 1.82) is 0 Å². The second kappa shape index (κ2) is 3.28. The van der Waals surface area contributed by atoms with Crippen molar-refractivity contribution in [2.75, 3.05) is 0 Å². The van der Waals surface area contributed by atoms with Crippen LogP contribution in [0.5, 0.6) is 0 Å². The minimum absolute atomic E-state index is 0.0781.